The highest BCUT2D eigenvalue weighted by Gasteiger charge is 2.38. The molecule has 1 unspecified atom stereocenters. The van der Waals surface area contributed by atoms with Crippen molar-refractivity contribution in [3.05, 3.63) is 70.2 Å². The van der Waals surface area contributed by atoms with E-state index in [1.165, 1.54) is 32.1 Å². The lowest BCUT2D eigenvalue weighted by atomic mass is 9.84. The Hall–Kier alpha value is -2.62. The maximum absolute atomic E-state index is 13.2. The van der Waals surface area contributed by atoms with Gasteiger partial charge < -0.3 is 20.7 Å². The summed E-state index contributed by atoms with van der Waals surface area (Å²) in [6.45, 7) is 0.156. The predicted octanol–water partition coefficient (Wildman–Crippen LogP) is 5.41. The molecule has 10 heteroatoms. The zero-order chi connectivity index (χ0) is 27.5. The lowest BCUT2D eigenvalue weighted by Gasteiger charge is -2.27. The monoisotopic (exact) mass is 553 g/mol. The number of rotatable bonds is 12. The molecule has 2 aromatic rings. The van der Waals surface area contributed by atoms with Gasteiger partial charge in [0.1, 0.15) is 6.10 Å². The molecule has 2 atom stereocenters. The van der Waals surface area contributed by atoms with Gasteiger partial charge in [-0.25, -0.2) is 0 Å². The Labute approximate surface area is 226 Å². The van der Waals surface area contributed by atoms with E-state index < -0.39 is 18.2 Å². The van der Waals surface area contributed by atoms with Crippen LogP contribution in [0.2, 0.25) is 5.02 Å². The van der Waals surface area contributed by atoms with Crippen molar-refractivity contribution < 1.29 is 27.5 Å². The smallest absolute Gasteiger partial charge is 0.367 e. The molecule has 0 radical (unpaired) electrons. The number of hydrogen-bond acceptors (Lipinski definition) is 4. The van der Waals surface area contributed by atoms with Gasteiger partial charge in [0, 0.05) is 29.7 Å². The summed E-state index contributed by atoms with van der Waals surface area (Å²) in [5, 5.41) is 8.60. The molecule has 6 nitrogen and oxygen atoms in total. The quantitative estimate of drug-likeness (QED) is 0.307. The first-order valence-electron chi connectivity index (χ1n) is 12.9. The summed E-state index contributed by atoms with van der Waals surface area (Å²) in [5.41, 5.74) is 1.76. The molecule has 0 saturated heterocycles. The van der Waals surface area contributed by atoms with Crippen LogP contribution in [0.1, 0.15) is 66.1 Å². The third-order valence-electron chi connectivity index (χ3n) is 6.66. The van der Waals surface area contributed by atoms with Crippen molar-refractivity contribution in [1.82, 2.24) is 16.0 Å². The summed E-state index contributed by atoms with van der Waals surface area (Å²) < 4.78 is 43.4. The Balaban J connectivity index is 1.73. The first kappa shape index (κ1) is 29.9. The molecule has 1 aliphatic rings. The number of halogens is 4. The molecule has 3 rings (SSSR count). The van der Waals surface area contributed by atoms with Gasteiger partial charge in [-0.3, -0.25) is 9.59 Å². The van der Waals surface area contributed by atoms with Gasteiger partial charge in [0.25, 0.3) is 5.91 Å². The lowest BCUT2D eigenvalue weighted by Crippen LogP contribution is -2.42. The van der Waals surface area contributed by atoms with E-state index in [2.05, 4.69) is 10.6 Å². The van der Waals surface area contributed by atoms with Crippen molar-refractivity contribution in [2.75, 3.05) is 26.7 Å². The van der Waals surface area contributed by atoms with Crippen LogP contribution >= 0.6 is 11.6 Å². The molecule has 3 N–H and O–H groups in total. The maximum Gasteiger partial charge on any atom is 0.471 e. The van der Waals surface area contributed by atoms with Gasteiger partial charge in [0.15, 0.2) is 0 Å². The zero-order valence-corrected chi connectivity index (χ0v) is 22.2. The summed E-state index contributed by atoms with van der Waals surface area (Å²) in [6, 6.07) is 13.9. The van der Waals surface area contributed by atoms with Crippen LogP contribution in [-0.2, 0) is 9.53 Å². The number of amides is 2. The van der Waals surface area contributed by atoms with Crippen LogP contribution in [0.3, 0.4) is 0 Å². The first-order chi connectivity index (χ1) is 18.2. The van der Waals surface area contributed by atoms with Gasteiger partial charge in [0.2, 0.25) is 0 Å². The number of carbonyl (C=O) groups excluding carboxylic acids is 2. The Morgan fingerprint density at radius 2 is 1.74 bits per heavy atom. The fourth-order valence-corrected chi connectivity index (χ4v) is 5.07. The van der Waals surface area contributed by atoms with Crippen molar-refractivity contribution in [2.24, 2.45) is 5.92 Å². The number of carbonyl (C=O) groups is 2. The van der Waals surface area contributed by atoms with Gasteiger partial charge in [-0.2, -0.15) is 13.2 Å². The van der Waals surface area contributed by atoms with E-state index in [9.17, 15) is 22.8 Å². The maximum atomic E-state index is 13.2. The topological polar surface area (TPSA) is 79.5 Å². The van der Waals surface area contributed by atoms with Crippen LogP contribution in [0.4, 0.5) is 13.2 Å². The van der Waals surface area contributed by atoms with E-state index in [-0.39, 0.29) is 25.1 Å². The van der Waals surface area contributed by atoms with Crippen molar-refractivity contribution >= 4 is 23.4 Å². The van der Waals surface area contributed by atoms with Crippen LogP contribution in [0, 0.1) is 5.92 Å². The largest absolute Gasteiger partial charge is 0.471 e. The summed E-state index contributed by atoms with van der Waals surface area (Å²) in [5.74, 6) is -1.62. The van der Waals surface area contributed by atoms with Crippen molar-refractivity contribution in [3.63, 3.8) is 0 Å². The lowest BCUT2D eigenvalue weighted by molar-refractivity contribution is -0.173. The molecule has 0 aromatic heterocycles. The highest BCUT2D eigenvalue weighted by Crippen LogP contribution is 2.29. The highest BCUT2D eigenvalue weighted by atomic mass is 35.5. The van der Waals surface area contributed by atoms with Crippen LogP contribution < -0.4 is 16.0 Å². The number of alkyl halides is 3. The minimum atomic E-state index is -4.96. The number of benzene rings is 2. The Kier molecular flexibility index (Phi) is 11.4. The van der Waals surface area contributed by atoms with Gasteiger partial charge in [-0.1, -0.05) is 68.0 Å². The third-order valence-corrected chi connectivity index (χ3v) is 6.90. The third kappa shape index (κ3) is 9.29. The highest BCUT2D eigenvalue weighted by molar-refractivity contribution is 6.30. The molecule has 1 saturated carbocycles. The second kappa shape index (κ2) is 14.5. The number of likely N-dealkylation sites (N-methyl/N-ethyl adjacent to an activating group) is 1. The van der Waals surface area contributed by atoms with Gasteiger partial charge in [-0.05, 0) is 54.8 Å². The first-order valence-corrected chi connectivity index (χ1v) is 13.3. The van der Waals surface area contributed by atoms with Crippen molar-refractivity contribution in [2.45, 2.75) is 56.8 Å². The van der Waals surface area contributed by atoms with E-state index in [1.807, 2.05) is 7.05 Å². The molecule has 0 spiro atoms. The number of hydrogen-bond donors (Lipinski definition) is 3. The average molecular weight is 554 g/mol. The minimum absolute atomic E-state index is 0.00326. The normalized spacial score (nSPS) is 16.0. The van der Waals surface area contributed by atoms with Crippen LogP contribution in [0.5, 0.6) is 0 Å². The summed E-state index contributed by atoms with van der Waals surface area (Å²) >= 11 is 6.17. The second-order valence-corrected chi connectivity index (χ2v) is 10.1. The zero-order valence-electron chi connectivity index (χ0n) is 21.5. The van der Waals surface area contributed by atoms with E-state index >= 15 is 0 Å². The molecular weight excluding hydrogens is 519 g/mol. The van der Waals surface area contributed by atoms with E-state index in [4.69, 9.17) is 16.3 Å². The van der Waals surface area contributed by atoms with Crippen molar-refractivity contribution in [1.29, 1.82) is 0 Å². The van der Waals surface area contributed by atoms with Crippen molar-refractivity contribution in [3.8, 4) is 0 Å². The Morgan fingerprint density at radius 1 is 1.05 bits per heavy atom. The SMILES string of the molecule is CNC[C@H](CC1CCCCC1)NC(=O)c1cccc(C(OCCNC(=O)C(F)(F)F)c2cccc(Cl)c2)c1. The minimum Gasteiger partial charge on any atom is -0.367 e. The Bertz CT molecular complexity index is 1060. The summed E-state index contributed by atoms with van der Waals surface area (Å²) in [7, 11) is 1.87. The molecule has 1 aliphatic carbocycles. The molecule has 1 fully saturated rings. The van der Waals surface area contributed by atoms with Gasteiger partial charge in [-0.15, -0.1) is 0 Å². The molecule has 2 amide bonds. The van der Waals surface area contributed by atoms with Gasteiger partial charge in [0.05, 0.1) is 6.61 Å². The average Bonchev–Trinajstić information content (AvgIpc) is 2.88. The number of nitrogens with one attached hydrogen (secondary N) is 3. The molecule has 0 aliphatic heterocycles. The van der Waals surface area contributed by atoms with E-state index in [1.54, 1.807) is 53.8 Å². The van der Waals surface area contributed by atoms with Crippen LogP contribution in [-0.4, -0.2) is 50.8 Å². The standard InChI is InChI=1S/C28H35ClF3N3O3/c1-33-18-24(15-19-7-3-2-4-8-19)35-26(36)22-11-5-9-20(16-22)25(21-10-6-12-23(29)17-21)38-14-13-34-27(37)28(30,31)32/h5-6,9-12,16-17,19,24-25,33H,2-4,7-8,13-15,18H2,1H3,(H,34,37)(H,35,36)/t24-,25?/m0/s1. The van der Waals surface area contributed by atoms with E-state index in [0.29, 0.717) is 34.2 Å². The molecule has 0 heterocycles. The van der Waals surface area contributed by atoms with Gasteiger partial charge >= 0.3 is 12.1 Å². The predicted molar refractivity (Wildman–Crippen MR) is 141 cm³/mol. The molecule has 208 valence electrons. The van der Waals surface area contributed by atoms with E-state index in [0.717, 1.165) is 6.42 Å². The fraction of sp³-hybridized carbons (Fsp3) is 0.500. The van der Waals surface area contributed by atoms with Crippen LogP contribution in [0.25, 0.3) is 0 Å². The number of ether oxygens (including phenoxy) is 1. The molecular formula is C28H35ClF3N3O3. The molecule has 38 heavy (non-hydrogen) atoms. The molecule has 2 aromatic carbocycles. The summed E-state index contributed by atoms with van der Waals surface area (Å²) in [6.07, 6.45) is 1.37. The summed E-state index contributed by atoms with van der Waals surface area (Å²) in [4.78, 5) is 24.3. The fourth-order valence-electron chi connectivity index (χ4n) is 4.87. The Morgan fingerprint density at radius 3 is 2.39 bits per heavy atom. The second-order valence-electron chi connectivity index (χ2n) is 9.65. The molecule has 0 bridgehead atoms. The van der Waals surface area contributed by atoms with Crippen LogP contribution in [0.15, 0.2) is 48.5 Å².